The molecule has 9 nitrogen and oxygen atoms in total. The molecule has 1 aromatic heterocycles. The number of phenolic OH excluding ortho intramolecular Hbond substituents is 1. The molecule has 3 aliphatic heterocycles. The van der Waals surface area contributed by atoms with Crippen LogP contribution in [-0.2, 0) is 20.9 Å². The van der Waals surface area contributed by atoms with Crippen molar-refractivity contribution in [3.8, 4) is 11.5 Å². The Hall–Kier alpha value is -3.09. The van der Waals surface area contributed by atoms with Crippen molar-refractivity contribution in [2.75, 3.05) is 25.1 Å². The number of imide groups is 1. The minimum Gasteiger partial charge on any atom is -0.504 e. The van der Waals surface area contributed by atoms with Gasteiger partial charge in [-0.3, -0.25) is 23.7 Å². The third-order valence-corrected chi connectivity index (χ3v) is 10.8. The highest BCUT2D eigenvalue weighted by molar-refractivity contribution is 9.10. The third-order valence-electron chi connectivity index (χ3n) is 7.70. The number of ether oxygens (including phenoxy) is 1. The number of nitrogens with zero attached hydrogens (tertiary/aromatic N) is 3. The van der Waals surface area contributed by atoms with E-state index in [0.29, 0.717) is 34.2 Å². The predicted octanol–water partition coefficient (Wildman–Crippen LogP) is 4.19. The van der Waals surface area contributed by atoms with E-state index in [1.54, 1.807) is 41.3 Å². The summed E-state index contributed by atoms with van der Waals surface area (Å²) >= 11 is 5.59. The lowest BCUT2D eigenvalue weighted by Crippen LogP contribution is -2.39. The summed E-state index contributed by atoms with van der Waals surface area (Å²) in [5, 5.41) is 9.99. The zero-order valence-electron chi connectivity index (χ0n) is 21.5. The van der Waals surface area contributed by atoms with E-state index in [4.69, 9.17) is 4.74 Å². The third kappa shape index (κ3) is 4.55. The highest BCUT2D eigenvalue weighted by Crippen LogP contribution is 2.54. The maximum absolute atomic E-state index is 14.0. The molecule has 12 heteroatoms. The van der Waals surface area contributed by atoms with E-state index in [9.17, 15) is 24.3 Å². The first-order chi connectivity index (χ1) is 19.3. The quantitative estimate of drug-likeness (QED) is 0.415. The number of anilines is 1. The molecule has 0 unspecified atom stereocenters. The predicted molar refractivity (Wildman–Crippen MR) is 155 cm³/mol. The summed E-state index contributed by atoms with van der Waals surface area (Å²) in [7, 11) is 1.43. The van der Waals surface area contributed by atoms with E-state index < -0.39 is 17.1 Å². The molecular weight excluding hydrogens is 618 g/mol. The minimum atomic E-state index is -0.793. The highest BCUT2D eigenvalue weighted by Gasteiger charge is 2.57. The number of halogens is 1. The van der Waals surface area contributed by atoms with Gasteiger partial charge in [0.2, 0.25) is 17.7 Å². The fourth-order valence-electron chi connectivity index (χ4n) is 5.73. The smallest absolute Gasteiger partial charge is 0.308 e. The van der Waals surface area contributed by atoms with Gasteiger partial charge in [-0.15, -0.1) is 0 Å². The monoisotopic (exact) mass is 643 g/mol. The van der Waals surface area contributed by atoms with Crippen molar-refractivity contribution in [1.82, 2.24) is 9.47 Å². The number of benzene rings is 2. The number of carbonyl (C=O) groups excluding carboxylic acids is 3. The summed E-state index contributed by atoms with van der Waals surface area (Å²) in [6.07, 6.45) is 2.96. The van der Waals surface area contributed by atoms with Gasteiger partial charge in [0.1, 0.15) is 11.8 Å². The number of aromatic hydroxyl groups is 1. The Kier molecular flexibility index (Phi) is 7.26. The summed E-state index contributed by atoms with van der Waals surface area (Å²) < 4.78 is 7.62. The van der Waals surface area contributed by atoms with Crippen LogP contribution in [0.4, 0.5) is 5.69 Å². The lowest BCUT2D eigenvalue weighted by atomic mass is 9.83. The molecule has 2 saturated heterocycles. The summed E-state index contributed by atoms with van der Waals surface area (Å²) in [5.41, 5.74) is 1.11. The average Bonchev–Trinajstić information content (AvgIpc) is 3.40. The molecule has 0 bridgehead atoms. The Morgan fingerprint density at radius 2 is 1.77 bits per heavy atom. The maximum Gasteiger partial charge on any atom is 0.308 e. The van der Waals surface area contributed by atoms with Gasteiger partial charge in [0.25, 0.3) is 0 Å². The molecule has 2 fully saturated rings. The Bertz CT molecular complexity index is 1560. The van der Waals surface area contributed by atoms with Crippen LogP contribution in [0.2, 0.25) is 0 Å². The first-order valence-electron chi connectivity index (χ1n) is 13.0. The SMILES string of the molecule is COc1cc([C@@H]2c3sc(=O)n(CC(=O)N4CCCCC4)c3S[C@@H]3C(=O)N(c4ccc(Br)cc4)C(=O)[C@H]23)ccc1O. The number of amides is 3. The lowest BCUT2D eigenvalue weighted by molar-refractivity contribution is -0.133. The summed E-state index contributed by atoms with van der Waals surface area (Å²) in [4.78, 5) is 57.7. The first-order valence-corrected chi connectivity index (χ1v) is 15.5. The number of fused-ring (bicyclic) bond motifs is 2. The molecule has 40 heavy (non-hydrogen) atoms. The molecule has 3 aliphatic rings. The van der Waals surface area contributed by atoms with Gasteiger partial charge in [-0.05, 0) is 61.2 Å². The van der Waals surface area contributed by atoms with Crippen molar-refractivity contribution in [2.24, 2.45) is 5.92 Å². The van der Waals surface area contributed by atoms with E-state index in [1.807, 2.05) is 0 Å². The second-order valence-electron chi connectivity index (χ2n) is 10.0. The van der Waals surface area contributed by atoms with E-state index in [1.165, 1.54) is 34.4 Å². The van der Waals surface area contributed by atoms with Crippen molar-refractivity contribution >= 4 is 62.4 Å². The highest BCUT2D eigenvalue weighted by atomic mass is 79.9. The molecule has 0 spiro atoms. The standard InChI is InChI=1S/C28H26BrN3O6S2/c1-38-19-13-15(5-10-18(19)33)21-22-23(26(36)32(25(22)35)17-8-6-16(29)7-9-17)39-27-24(21)40-28(37)31(27)14-20(34)30-11-3-2-4-12-30/h5-10,13,21-23,33H,2-4,11-12,14H2,1H3/t21-,22+,23-/m0/s1. The van der Waals surface area contributed by atoms with Crippen LogP contribution in [0.25, 0.3) is 0 Å². The molecule has 6 rings (SSSR count). The normalized spacial score (nSPS) is 22.3. The van der Waals surface area contributed by atoms with Gasteiger partial charge in [-0.25, -0.2) is 4.90 Å². The molecule has 0 aliphatic carbocycles. The van der Waals surface area contributed by atoms with Gasteiger partial charge in [0.05, 0.1) is 23.7 Å². The molecule has 1 N–H and O–H groups in total. The Morgan fingerprint density at radius 3 is 2.48 bits per heavy atom. The Balaban J connectivity index is 1.46. The lowest BCUT2D eigenvalue weighted by Gasteiger charge is -2.31. The van der Waals surface area contributed by atoms with E-state index >= 15 is 0 Å². The zero-order valence-corrected chi connectivity index (χ0v) is 24.8. The van der Waals surface area contributed by atoms with Crippen molar-refractivity contribution in [3.63, 3.8) is 0 Å². The zero-order chi connectivity index (χ0) is 28.1. The molecule has 3 atom stereocenters. The molecule has 4 heterocycles. The van der Waals surface area contributed by atoms with Crippen molar-refractivity contribution in [2.45, 2.75) is 42.0 Å². The van der Waals surface area contributed by atoms with Crippen LogP contribution in [0.15, 0.2) is 56.8 Å². The Morgan fingerprint density at radius 1 is 1.05 bits per heavy atom. The van der Waals surface area contributed by atoms with Crippen LogP contribution in [0.3, 0.4) is 0 Å². The second-order valence-corrected chi connectivity index (χ2v) is 13.1. The molecule has 0 radical (unpaired) electrons. The van der Waals surface area contributed by atoms with Crippen LogP contribution in [0, 0.1) is 5.92 Å². The summed E-state index contributed by atoms with van der Waals surface area (Å²) in [6.45, 7) is 1.23. The molecular formula is C28H26BrN3O6S2. The van der Waals surface area contributed by atoms with Crippen molar-refractivity contribution in [3.05, 3.63) is 67.0 Å². The number of likely N-dealkylation sites (tertiary alicyclic amines) is 1. The van der Waals surface area contributed by atoms with Crippen LogP contribution in [0.5, 0.6) is 11.5 Å². The number of hydrogen-bond donors (Lipinski definition) is 1. The van der Waals surface area contributed by atoms with Crippen LogP contribution >= 0.6 is 39.0 Å². The summed E-state index contributed by atoms with van der Waals surface area (Å²) in [5.74, 6) is -2.11. The molecule has 2 aromatic carbocycles. The van der Waals surface area contributed by atoms with Gasteiger partial charge in [-0.2, -0.15) is 0 Å². The van der Waals surface area contributed by atoms with Crippen molar-refractivity contribution < 1.29 is 24.2 Å². The number of methoxy groups -OCH3 is 1. The van der Waals surface area contributed by atoms with Gasteiger partial charge < -0.3 is 14.7 Å². The largest absolute Gasteiger partial charge is 0.504 e. The topological polar surface area (TPSA) is 109 Å². The van der Waals surface area contributed by atoms with E-state index in [-0.39, 0.29) is 40.6 Å². The summed E-state index contributed by atoms with van der Waals surface area (Å²) in [6, 6.07) is 11.8. The number of aromatic nitrogens is 1. The molecule has 3 aromatic rings. The van der Waals surface area contributed by atoms with Crippen molar-refractivity contribution in [1.29, 1.82) is 0 Å². The molecule has 208 valence electrons. The molecule has 3 amide bonds. The van der Waals surface area contributed by atoms with Crippen LogP contribution in [-0.4, -0.2) is 57.7 Å². The Labute approximate surface area is 246 Å². The van der Waals surface area contributed by atoms with Crippen LogP contribution < -0.4 is 14.5 Å². The number of thioether (sulfide) groups is 1. The van der Waals surface area contributed by atoms with Crippen LogP contribution in [0.1, 0.15) is 35.6 Å². The van der Waals surface area contributed by atoms with E-state index in [0.717, 1.165) is 35.1 Å². The maximum atomic E-state index is 14.0. The second kappa shape index (κ2) is 10.7. The average molecular weight is 645 g/mol. The van der Waals surface area contributed by atoms with Gasteiger partial charge in [-0.1, -0.05) is 45.1 Å². The van der Waals surface area contributed by atoms with Gasteiger partial charge >= 0.3 is 4.87 Å². The fourth-order valence-corrected chi connectivity index (χ4v) is 8.76. The number of thiazole rings is 1. The number of piperidine rings is 1. The minimum absolute atomic E-state index is 0.0589. The molecule has 0 saturated carbocycles. The fraction of sp³-hybridized carbons (Fsp3) is 0.357. The number of phenols is 1. The van der Waals surface area contributed by atoms with E-state index in [2.05, 4.69) is 15.9 Å². The number of rotatable bonds is 5. The number of carbonyl (C=O) groups is 3. The van der Waals surface area contributed by atoms with Gasteiger partial charge in [0, 0.05) is 28.4 Å². The number of hydrogen-bond acceptors (Lipinski definition) is 8. The van der Waals surface area contributed by atoms with Gasteiger partial charge in [0.15, 0.2) is 11.5 Å². The first kappa shape index (κ1) is 27.1.